The van der Waals surface area contributed by atoms with Crippen molar-refractivity contribution in [2.75, 3.05) is 19.6 Å². The number of fused-ring (bicyclic) bond motifs is 1. The lowest BCUT2D eigenvalue weighted by Crippen LogP contribution is -2.52. The van der Waals surface area contributed by atoms with E-state index in [1.54, 1.807) is 35.2 Å². The van der Waals surface area contributed by atoms with Crippen LogP contribution in [0.5, 0.6) is 5.75 Å². The molecule has 128 valence electrons. The summed E-state index contributed by atoms with van der Waals surface area (Å²) in [5, 5.41) is 17.3. The van der Waals surface area contributed by atoms with Gasteiger partial charge in [0.2, 0.25) is 0 Å². The summed E-state index contributed by atoms with van der Waals surface area (Å²) < 4.78 is 0. The van der Waals surface area contributed by atoms with Gasteiger partial charge in [-0.25, -0.2) is 4.98 Å². The van der Waals surface area contributed by atoms with E-state index in [2.05, 4.69) is 15.2 Å². The minimum absolute atomic E-state index is 0.0263. The second kappa shape index (κ2) is 5.86. The Labute approximate surface area is 144 Å². The third-order valence-corrected chi connectivity index (χ3v) is 4.68. The van der Waals surface area contributed by atoms with Crippen LogP contribution in [-0.2, 0) is 0 Å². The molecule has 0 atom stereocenters. The number of nitrogens with two attached hydrogens (primary N) is 1. The predicted octanol–water partition coefficient (Wildman–Crippen LogP) is 1.67. The molecule has 3 aromatic rings. The highest BCUT2D eigenvalue weighted by Gasteiger charge is 2.31. The van der Waals surface area contributed by atoms with Crippen molar-refractivity contribution in [3.8, 4) is 17.0 Å². The summed E-state index contributed by atoms with van der Waals surface area (Å²) in [6.07, 6.45) is 0. The van der Waals surface area contributed by atoms with E-state index in [1.807, 2.05) is 6.92 Å². The fraction of sp³-hybridized carbons (Fsp3) is 0.278. The summed E-state index contributed by atoms with van der Waals surface area (Å²) in [6.45, 7) is 3.82. The molecule has 4 N–H and O–H groups in total. The molecule has 1 aliphatic heterocycles. The van der Waals surface area contributed by atoms with E-state index in [9.17, 15) is 9.90 Å². The number of carbonyl (C=O) groups excluding carboxylic acids is 1. The number of carbonyl (C=O) groups is 1. The maximum Gasteiger partial charge on any atom is 0.254 e. The zero-order chi connectivity index (χ0) is 17.6. The van der Waals surface area contributed by atoms with Crippen LogP contribution in [0.3, 0.4) is 0 Å². The molecule has 7 nitrogen and oxygen atoms in total. The Morgan fingerprint density at radius 2 is 2.08 bits per heavy atom. The average Bonchev–Trinajstić information content (AvgIpc) is 2.95. The molecule has 1 aromatic carbocycles. The van der Waals surface area contributed by atoms with Gasteiger partial charge in [0.25, 0.3) is 5.91 Å². The van der Waals surface area contributed by atoms with Crippen molar-refractivity contribution in [1.82, 2.24) is 20.1 Å². The highest BCUT2D eigenvalue weighted by molar-refractivity contribution is 6.07. The smallest absolute Gasteiger partial charge is 0.254 e. The van der Waals surface area contributed by atoms with E-state index in [0.717, 1.165) is 16.6 Å². The summed E-state index contributed by atoms with van der Waals surface area (Å²) >= 11 is 0. The van der Waals surface area contributed by atoms with Gasteiger partial charge in [0.15, 0.2) is 5.65 Å². The maximum atomic E-state index is 13.0. The molecule has 2 aromatic heterocycles. The van der Waals surface area contributed by atoms with Gasteiger partial charge in [-0.05, 0) is 43.8 Å². The lowest BCUT2D eigenvalue weighted by atomic mass is 9.97. The minimum atomic E-state index is -0.0263. The summed E-state index contributed by atoms with van der Waals surface area (Å²) in [5.41, 5.74) is 9.07. The van der Waals surface area contributed by atoms with Crippen LogP contribution >= 0.6 is 0 Å². The molecule has 1 aliphatic rings. The van der Waals surface area contributed by atoms with E-state index in [-0.39, 0.29) is 11.7 Å². The highest BCUT2D eigenvalue weighted by Crippen LogP contribution is 2.29. The molecule has 0 aliphatic carbocycles. The predicted molar refractivity (Wildman–Crippen MR) is 94.2 cm³/mol. The zero-order valence-corrected chi connectivity index (χ0v) is 13.9. The van der Waals surface area contributed by atoms with Crippen molar-refractivity contribution in [2.24, 2.45) is 11.7 Å². The van der Waals surface area contributed by atoms with Crippen LogP contribution in [0.15, 0.2) is 30.3 Å². The molecule has 0 radical (unpaired) electrons. The monoisotopic (exact) mass is 337 g/mol. The van der Waals surface area contributed by atoms with E-state index in [4.69, 9.17) is 5.73 Å². The molecule has 0 spiro atoms. The van der Waals surface area contributed by atoms with Gasteiger partial charge >= 0.3 is 0 Å². The topological polar surface area (TPSA) is 108 Å². The molecule has 0 unspecified atom stereocenters. The summed E-state index contributed by atoms with van der Waals surface area (Å²) in [6, 6.07) is 8.55. The van der Waals surface area contributed by atoms with Crippen LogP contribution in [0, 0.1) is 12.8 Å². The first kappa shape index (κ1) is 15.6. The second-order valence-corrected chi connectivity index (χ2v) is 6.45. The van der Waals surface area contributed by atoms with Gasteiger partial charge in [0.1, 0.15) is 5.75 Å². The number of H-pyrrole nitrogens is 1. The Morgan fingerprint density at radius 3 is 2.76 bits per heavy atom. The maximum absolute atomic E-state index is 13.0. The number of pyridine rings is 1. The van der Waals surface area contributed by atoms with E-state index in [1.165, 1.54) is 0 Å². The molecule has 3 heterocycles. The SMILES string of the molecule is Cc1n[nH]c2nc(-c3ccc(O)cc3)cc(C(=O)N3CC(CN)C3)c12. The lowest BCUT2D eigenvalue weighted by Gasteiger charge is -2.38. The van der Waals surface area contributed by atoms with Crippen LogP contribution in [-0.4, -0.2) is 50.7 Å². The van der Waals surface area contributed by atoms with Gasteiger partial charge in [-0.2, -0.15) is 5.10 Å². The van der Waals surface area contributed by atoms with Gasteiger partial charge in [0, 0.05) is 24.6 Å². The average molecular weight is 337 g/mol. The number of amides is 1. The lowest BCUT2D eigenvalue weighted by molar-refractivity contribution is 0.0517. The van der Waals surface area contributed by atoms with E-state index >= 15 is 0 Å². The molecule has 25 heavy (non-hydrogen) atoms. The molecule has 0 bridgehead atoms. The fourth-order valence-electron chi connectivity index (χ4n) is 3.19. The zero-order valence-electron chi connectivity index (χ0n) is 13.9. The number of phenols is 1. The van der Waals surface area contributed by atoms with Crippen LogP contribution < -0.4 is 5.73 Å². The van der Waals surface area contributed by atoms with Gasteiger partial charge in [-0.1, -0.05) is 0 Å². The summed E-state index contributed by atoms with van der Waals surface area (Å²) in [7, 11) is 0. The number of nitrogens with zero attached hydrogens (tertiary/aromatic N) is 3. The number of hydrogen-bond donors (Lipinski definition) is 3. The number of benzene rings is 1. The number of aryl methyl sites for hydroxylation is 1. The van der Waals surface area contributed by atoms with Gasteiger partial charge < -0.3 is 15.7 Å². The molecule has 0 saturated carbocycles. The molecule has 1 fully saturated rings. The molecular formula is C18H19N5O2. The van der Waals surface area contributed by atoms with E-state index in [0.29, 0.717) is 42.5 Å². The van der Waals surface area contributed by atoms with Crippen LogP contribution in [0.4, 0.5) is 0 Å². The third kappa shape index (κ3) is 2.62. The Balaban J connectivity index is 1.80. The van der Waals surface area contributed by atoms with Crippen molar-refractivity contribution in [3.63, 3.8) is 0 Å². The molecule has 7 heteroatoms. The van der Waals surface area contributed by atoms with Crippen molar-refractivity contribution >= 4 is 16.9 Å². The number of likely N-dealkylation sites (tertiary alicyclic amines) is 1. The third-order valence-electron chi connectivity index (χ3n) is 4.68. The molecule has 1 amide bonds. The van der Waals surface area contributed by atoms with Gasteiger partial charge in [-0.3, -0.25) is 9.89 Å². The van der Waals surface area contributed by atoms with Gasteiger partial charge in [0.05, 0.1) is 22.3 Å². The standard InChI is InChI=1S/C18H19N5O2/c1-10-16-14(18(25)23-8-11(7-19)9-23)6-15(20-17(16)22-21-10)12-2-4-13(24)5-3-12/h2-6,11,24H,7-9,19H2,1H3,(H,20,21,22). The molecular weight excluding hydrogens is 318 g/mol. The minimum Gasteiger partial charge on any atom is -0.508 e. The van der Waals surface area contributed by atoms with Crippen molar-refractivity contribution in [1.29, 1.82) is 0 Å². The fourth-order valence-corrected chi connectivity index (χ4v) is 3.19. The highest BCUT2D eigenvalue weighted by atomic mass is 16.3. The Kier molecular flexibility index (Phi) is 3.65. The van der Waals surface area contributed by atoms with Crippen molar-refractivity contribution in [2.45, 2.75) is 6.92 Å². The van der Waals surface area contributed by atoms with Gasteiger partial charge in [-0.15, -0.1) is 0 Å². The first-order valence-electron chi connectivity index (χ1n) is 8.21. The Bertz CT molecular complexity index is 942. The number of rotatable bonds is 3. The van der Waals surface area contributed by atoms with Crippen molar-refractivity contribution < 1.29 is 9.90 Å². The number of nitrogens with one attached hydrogen (secondary N) is 1. The largest absolute Gasteiger partial charge is 0.508 e. The first-order chi connectivity index (χ1) is 12.1. The number of aromatic hydroxyl groups is 1. The number of phenolic OH excluding ortho intramolecular Hbond substituents is 1. The first-order valence-corrected chi connectivity index (χ1v) is 8.21. The quantitative estimate of drug-likeness (QED) is 0.674. The van der Waals surface area contributed by atoms with Crippen molar-refractivity contribution in [3.05, 3.63) is 41.6 Å². The Morgan fingerprint density at radius 1 is 1.36 bits per heavy atom. The summed E-state index contributed by atoms with van der Waals surface area (Å²) in [4.78, 5) is 19.4. The number of aromatic nitrogens is 3. The molecule has 1 saturated heterocycles. The Hall–Kier alpha value is -2.93. The number of aromatic amines is 1. The normalized spacial score (nSPS) is 14.7. The van der Waals surface area contributed by atoms with E-state index < -0.39 is 0 Å². The summed E-state index contributed by atoms with van der Waals surface area (Å²) in [5.74, 6) is 0.539. The molecule has 4 rings (SSSR count). The van der Waals surface area contributed by atoms with Crippen LogP contribution in [0.2, 0.25) is 0 Å². The van der Waals surface area contributed by atoms with Crippen LogP contribution in [0.1, 0.15) is 16.1 Å². The van der Waals surface area contributed by atoms with Crippen LogP contribution in [0.25, 0.3) is 22.3 Å². The number of hydrogen-bond acceptors (Lipinski definition) is 5. The second-order valence-electron chi connectivity index (χ2n) is 6.45.